The number of aryl methyl sites for hydroxylation is 1. The minimum absolute atomic E-state index is 0.258. The highest BCUT2D eigenvalue weighted by molar-refractivity contribution is 5.52. The third-order valence-electron chi connectivity index (χ3n) is 4.02. The second-order valence-corrected chi connectivity index (χ2v) is 5.69. The maximum absolute atomic E-state index is 14.1. The summed E-state index contributed by atoms with van der Waals surface area (Å²) in [6, 6.07) is 9.32. The minimum atomic E-state index is -0.296. The second kappa shape index (κ2) is 5.82. The minimum Gasteiger partial charge on any atom is -0.392 e. The van der Waals surface area contributed by atoms with Crippen LogP contribution in [0.2, 0.25) is 0 Å². The van der Waals surface area contributed by atoms with Gasteiger partial charge in [0.15, 0.2) is 5.82 Å². The quantitative estimate of drug-likeness (QED) is 0.939. The number of halogens is 1. The van der Waals surface area contributed by atoms with Gasteiger partial charge in [-0.25, -0.2) is 4.39 Å². The Labute approximate surface area is 124 Å². The van der Waals surface area contributed by atoms with Crippen molar-refractivity contribution in [3.8, 4) is 0 Å². The molecule has 0 radical (unpaired) electrons. The van der Waals surface area contributed by atoms with Crippen molar-refractivity contribution in [3.05, 3.63) is 59.2 Å². The summed E-state index contributed by atoms with van der Waals surface area (Å²) in [6.45, 7) is 3.41. The standard InChI is InChI=1S/C17H19FN2O/c1-12-5-6-13(8-19-12)7-14-9-20(10-14)16-4-2-3-15(11-21)17(16)18/h2-6,8,14,21H,7,9-11H2,1H3. The molecule has 1 aliphatic rings. The molecule has 1 aliphatic heterocycles. The first-order valence-electron chi connectivity index (χ1n) is 7.22. The topological polar surface area (TPSA) is 36.4 Å². The fraction of sp³-hybridized carbons (Fsp3) is 0.353. The Kier molecular flexibility index (Phi) is 3.88. The largest absolute Gasteiger partial charge is 0.392 e. The summed E-state index contributed by atoms with van der Waals surface area (Å²) in [5.41, 5.74) is 3.21. The number of hydrogen-bond acceptors (Lipinski definition) is 3. The van der Waals surface area contributed by atoms with Crippen LogP contribution in [0, 0.1) is 18.7 Å². The van der Waals surface area contributed by atoms with Gasteiger partial charge >= 0.3 is 0 Å². The summed E-state index contributed by atoms with van der Waals surface area (Å²) in [6.07, 6.45) is 2.90. The summed E-state index contributed by atoms with van der Waals surface area (Å²) < 4.78 is 14.1. The van der Waals surface area contributed by atoms with Gasteiger partial charge in [0, 0.05) is 30.5 Å². The van der Waals surface area contributed by atoms with Crippen LogP contribution in [-0.4, -0.2) is 23.2 Å². The zero-order chi connectivity index (χ0) is 14.8. The molecular formula is C17H19FN2O. The maximum atomic E-state index is 14.1. The lowest BCUT2D eigenvalue weighted by atomic mass is 9.92. The van der Waals surface area contributed by atoms with Gasteiger partial charge in [-0.05, 0) is 37.0 Å². The number of rotatable bonds is 4. The highest BCUT2D eigenvalue weighted by atomic mass is 19.1. The van der Waals surface area contributed by atoms with Crippen molar-refractivity contribution in [3.63, 3.8) is 0 Å². The highest BCUT2D eigenvalue weighted by Gasteiger charge is 2.29. The van der Waals surface area contributed by atoms with Crippen LogP contribution in [0.3, 0.4) is 0 Å². The first-order valence-corrected chi connectivity index (χ1v) is 7.22. The Morgan fingerprint density at radius 3 is 2.76 bits per heavy atom. The zero-order valence-corrected chi connectivity index (χ0v) is 12.1. The summed E-state index contributed by atoms with van der Waals surface area (Å²) in [7, 11) is 0. The molecule has 0 amide bonds. The molecule has 2 aromatic rings. The Bertz CT molecular complexity index is 621. The van der Waals surface area contributed by atoms with Gasteiger partial charge in [-0.2, -0.15) is 0 Å². The van der Waals surface area contributed by atoms with Crippen molar-refractivity contribution < 1.29 is 9.50 Å². The molecule has 1 aromatic carbocycles. The van der Waals surface area contributed by atoms with Gasteiger partial charge in [-0.15, -0.1) is 0 Å². The van der Waals surface area contributed by atoms with E-state index in [1.165, 1.54) is 5.56 Å². The average Bonchev–Trinajstić information content (AvgIpc) is 2.45. The van der Waals surface area contributed by atoms with Gasteiger partial charge in [-0.1, -0.05) is 18.2 Å². The molecule has 3 rings (SSSR count). The van der Waals surface area contributed by atoms with Crippen molar-refractivity contribution in [1.29, 1.82) is 0 Å². The lowest BCUT2D eigenvalue weighted by Crippen LogP contribution is -2.48. The summed E-state index contributed by atoms with van der Waals surface area (Å²) >= 11 is 0. The molecule has 0 atom stereocenters. The molecule has 0 bridgehead atoms. The third kappa shape index (κ3) is 2.90. The molecule has 1 fully saturated rings. The van der Waals surface area contributed by atoms with E-state index >= 15 is 0 Å². The van der Waals surface area contributed by atoms with Crippen LogP contribution in [0.4, 0.5) is 10.1 Å². The molecular weight excluding hydrogens is 267 g/mol. The molecule has 0 spiro atoms. The molecule has 0 aliphatic carbocycles. The number of aromatic nitrogens is 1. The van der Waals surface area contributed by atoms with Gasteiger partial charge < -0.3 is 10.0 Å². The molecule has 1 aromatic heterocycles. The van der Waals surface area contributed by atoms with Crippen LogP contribution < -0.4 is 4.90 Å². The van der Waals surface area contributed by atoms with Gasteiger partial charge in [0.05, 0.1) is 12.3 Å². The van der Waals surface area contributed by atoms with Gasteiger partial charge in [0.25, 0.3) is 0 Å². The fourth-order valence-electron chi connectivity index (χ4n) is 2.78. The SMILES string of the molecule is Cc1ccc(CC2CN(c3cccc(CO)c3F)C2)cn1. The molecule has 1 N–H and O–H groups in total. The number of hydrogen-bond donors (Lipinski definition) is 1. The molecule has 0 unspecified atom stereocenters. The predicted octanol–water partition coefficient (Wildman–Crippen LogP) is 2.70. The Hall–Kier alpha value is -1.94. The Balaban J connectivity index is 1.62. The Morgan fingerprint density at radius 2 is 2.10 bits per heavy atom. The van der Waals surface area contributed by atoms with Crippen LogP contribution >= 0.6 is 0 Å². The molecule has 4 heteroatoms. The number of aliphatic hydroxyl groups is 1. The fourth-order valence-corrected chi connectivity index (χ4v) is 2.78. The van der Waals surface area contributed by atoms with Crippen LogP contribution in [0.5, 0.6) is 0 Å². The number of anilines is 1. The molecule has 0 saturated carbocycles. The maximum Gasteiger partial charge on any atom is 0.151 e. The summed E-state index contributed by atoms with van der Waals surface area (Å²) in [5.74, 6) is 0.238. The molecule has 2 heterocycles. The second-order valence-electron chi connectivity index (χ2n) is 5.69. The van der Waals surface area contributed by atoms with Crippen LogP contribution in [-0.2, 0) is 13.0 Å². The van der Waals surface area contributed by atoms with Crippen LogP contribution in [0.25, 0.3) is 0 Å². The van der Waals surface area contributed by atoms with Crippen molar-refractivity contribution in [1.82, 2.24) is 4.98 Å². The lowest BCUT2D eigenvalue weighted by molar-refractivity contribution is 0.275. The molecule has 21 heavy (non-hydrogen) atoms. The molecule has 110 valence electrons. The van der Waals surface area contributed by atoms with Gasteiger partial charge in [0.2, 0.25) is 0 Å². The van der Waals surface area contributed by atoms with Crippen molar-refractivity contribution in [2.45, 2.75) is 20.0 Å². The number of pyridine rings is 1. The number of benzene rings is 1. The first kappa shape index (κ1) is 14.0. The van der Waals surface area contributed by atoms with E-state index in [0.29, 0.717) is 17.2 Å². The highest BCUT2D eigenvalue weighted by Crippen LogP contribution is 2.30. The van der Waals surface area contributed by atoms with E-state index in [1.807, 2.05) is 24.1 Å². The van der Waals surface area contributed by atoms with E-state index in [-0.39, 0.29) is 12.4 Å². The van der Waals surface area contributed by atoms with E-state index in [4.69, 9.17) is 5.11 Å². The lowest BCUT2D eigenvalue weighted by Gasteiger charge is -2.41. The average molecular weight is 286 g/mol. The van der Waals surface area contributed by atoms with Crippen molar-refractivity contribution >= 4 is 5.69 Å². The van der Waals surface area contributed by atoms with E-state index in [1.54, 1.807) is 18.2 Å². The van der Waals surface area contributed by atoms with Gasteiger partial charge in [0.1, 0.15) is 0 Å². The molecule has 1 saturated heterocycles. The van der Waals surface area contributed by atoms with Crippen LogP contribution in [0.15, 0.2) is 36.5 Å². The monoisotopic (exact) mass is 286 g/mol. The normalized spacial score (nSPS) is 15.1. The number of aliphatic hydroxyl groups excluding tert-OH is 1. The van der Waals surface area contributed by atoms with Crippen LogP contribution in [0.1, 0.15) is 16.8 Å². The number of nitrogens with zero attached hydrogens (tertiary/aromatic N) is 2. The van der Waals surface area contributed by atoms with Crippen molar-refractivity contribution in [2.24, 2.45) is 5.92 Å². The van der Waals surface area contributed by atoms with E-state index in [9.17, 15) is 4.39 Å². The predicted molar refractivity (Wildman–Crippen MR) is 80.7 cm³/mol. The molecule has 3 nitrogen and oxygen atoms in total. The third-order valence-corrected chi connectivity index (χ3v) is 4.02. The van der Waals surface area contributed by atoms with E-state index < -0.39 is 0 Å². The summed E-state index contributed by atoms with van der Waals surface area (Å²) in [5, 5.41) is 9.12. The first-order chi connectivity index (χ1) is 10.2. The van der Waals surface area contributed by atoms with Gasteiger partial charge in [-0.3, -0.25) is 4.98 Å². The smallest absolute Gasteiger partial charge is 0.151 e. The van der Waals surface area contributed by atoms with Crippen molar-refractivity contribution in [2.75, 3.05) is 18.0 Å². The zero-order valence-electron chi connectivity index (χ0n) is 12.1. The van der Waals surface area contributed by atoms with E-state index in [2.05, 4.69) is 11.1 Å². The summed E-state index contributed by atoms with van der Waals surface area (Å²) in [4.78, 5) is 6.33. The van der Waals surface area contributed by atoms with E-state index in [0.717, 1.165) is 25.2 Å². The Morgan fingerprint density at radius 1 is 1.29 bits per heavy atom.